The van der Waals surface area contributed by atoms with Gasteiger partial charge < -0.3 is 5.11 Å². The van der Waals surface area contributed by atoms with Crippen LogP contribution in [0.5, 0.6) is 0 Å². The Morgan fingerprint density at radius 1 is 1.22 bits per heavy atom. The normalized spacial score (nSPS) is 22.2. The van der Waals surface area contributed by atoms with Crippen LogP contribution in [0, 0.1) is 0 Å². The molecule has 0 radical (unpaired) electrons. The molecule has 2 rings (SSSR count). The van der Waals surface area contributed by atoms with Crippen molar-refractivity contribution in [2.75, 3.05) is 32.8 Å². The van der Waals surface area contributed by atoms with E-state index in [-0.39, 0.29) is 0 Å². The van der Waals surface area contributed by atoms with E-state index < -0.39 is 0 Å². The third-order valence-corrected chi connectivity index (χ3v) is 3.70. The summed E-state index contributed by atoms with van der Waals surface area (Å²) < 4.78 is 0. The molecule has 0 bridgehead atoms. The molecule has 0 spiro atoms. The quantitative estimate of drug-likeness (QED) is 0.857. The number of piperazine rings is 1. The van der Waals surface area contributed by atoms with Crippen molar-refractivity contribution in [1.82, 2.24) is 9.80 Å². The van der Waals surface area contributed by atoms with Crippen LogP contribution in [0.25, 0.3) is 0 Å². The van der Waals surface area contributed by atoms with Crippen LogP contribution in [-0.2, 0) is 6.54 Å². The van der Waals surface area contributed by atoms with Crippen LogP contribution in [0.15, 0.2) is 30.3 Å². The fourth-order valence-electron chi connectivity index (χ4n) is 2.66. The van der Waals surface area contributed by atoms with Crippen LogP contribution in [0.4, 0.5) is 0 Å². The van der Waals surface area contributed by atoms with E-state index in [1.807, 2.05) is 0 Å². The maximum Gasteiger partial charge on any atom is 0.0443 e. The standard InChI is InChI=1S/C15H24N2O/c1-14-12-16(9-10-17(14)8-5-11-18)13-15-6-3-2-4-7-15/h2-4,6-7,14,18H,5,8-13H2,1H3/t14-/m1/s1. The molecule has 0 saturated carbocycles. The summed E-state index contributed by atoms with van der Waals surface area (Å²) in [6.45, 7) is 8.04. The molecule has 18 heavy (non-hydrogen) atoms. The molecule has 1 aromatic rings. The SMILES string of the molecule is C[C@@H]1CN(Cc2ccccc2)CCN1CCCO. The second-order valence-electron chi connectivity index (χ2n) is 5.18. The molecule has 1 aromatic carbocycles. The van der Waals surface area contributed by atoms with E-state index in [1.165, 1.54) is 5.56 Å². The van der Waals surface area contributed by atoms with Crippen molar-refractivity contribution in [2.24, 2.45) is 0 Å². The molecule has 1 N–H and O–H groups in total. The Morgan fingerprint density at radius 3 is 2.67 bits per heavy atom. The van der Waals surface area contributed by atoms with Crippen LogP contribution in [0.3, 0.4) is 0 Å². The summed E-state index contributed by atoms with van der Waals surface area (Å²) >= 11 is 0. The Hall–Kier alpha value is -0.900. The molecule has 0 amide bonds. The van der Waals surface area contributed by atoms with E-state index in [2.05, 4.69) is 47.1 Å². The number of rotatable bonds is 5. The first-order valence-corrected chi connectivity index (χ1v) is 6.91. The average Bonchev–Trinajstić information content (AvgIpc) is 2.39. The van der Waals surface area contributed by atoms with Crippen LogP contribution >= 0.6 is 0 Å². The highest BCUT2D eigenvalue weighted by atomic mass is 16.3. The van der Waals surface area contributed by atoms with E-state index in [4.69, 9.17) is 5.11 Å². The molecule has 1 heterocycles. The molecule has 1 aliphatic rings. The minimum absolute atomic E-state index is 0.303. The second kappa shape index (κ2) is 6.88. The lowest BCUT2D eigenvalue weighted by atomic mass is 10.1. The van der Waals surface area contributed by atoms with Gasteiger partial charge in [-0.1, -0.05) is 30.3 Å². The number of benzene rings is 1. The molecule has 1 saturated heterocycles. The van der Waals surface area contributed by atoms with Gasteiger partial charge in [0.2, 0.25) is 0 Å². The van der Waals surface area contributed by atoms with Gasteiger partial charge in [0, 0.05) is 45.4 Å². The van der Waals surface area contributed by atoms with E-state index in [0.717, 1.165) is 39.1 Å². The van der Waals surface area contributed by atoms with Crippen molar-refractivity contribution in [1.29, 1.82) is 0 Å². The van der Waals surface area contributed by atoms with Gasteiger partial charge in [-0.2, -0.15) is 0 Å². The fourth-order valence-corrected chi connectivity index (χ4v) is 2.66. The van der Waals surface area contributed by atoms with Crippen molar-refractivity contribution >= 4 is 0 Å². The fraction of sp³-hybridized carbons (Fsp3) is 0.600. The first-order valence-electron chi connectivity index (χ1n) is 6.91. The third kappa shape index (κ3) is 3.80. The molecule has 0 aliphatic carbocycles. The van der Waals surface area contributed by atoms with Gasteiger partial charge in [-0.3, -0.25) is 9.80 Å². The van der Waals surface area contributed by atoms with Gasteiger partial charge in [0.15, 0.2) is 0 Å². The summed E-state index contributed by atoms with van der Waals surface area (Å²) in [7, 11) is 0. The lowest BCUT2D eigenvalue weighted by molar-refractivity contribution is 0.0737. The summed E-state index contributed by atoms with van der Waals surface area (Å²) in [6, 6.07) is 11.3. The molecule has 1 aliphatic heterocycles. The molecule has 0 aromatic heterocycles. The van der Waals surface area contributed by atoms with E-state index in [1.54, 1.807) is 0 Å². The van der Waals surface area contributed by atoms with Crippen LogP contribution in [-0.4, -0.2) is 53.7 Å². The third-order valence-electron chi connectivity index (χ3n) is 3.70. The zero-order valence-corrected chi connectivity index (χ0v) is 11.3. The Kier molecular flexibility index (Phi) is 5.17. The zero-order valence-electron chi connectivity index (χ0n) is 11.3. The molecule has 1 atom stereocenters. The molecule has 3 heteroatoms. The van der Waals surface area contributed by atoms with E-state index in [0.29, 0.717) is 12.6 Å². The van der Waals surface area contributed by atoms with Crippen LogP contribution in [0.1, 0.15) is 18.9 Å². The summed E-state index contributed by atoms with van der Waals surface area (Å²) in [4.78, 5) is 5.01. The topological polar surface area (TPSA) is 26.7 Å². The Morgan fingerprint density at radius 2 is 2.00 bits per heavy atom. The number of aliphatic hydroxyl groups is 1. The number of nitrogens with zero attached hydrogens (tertiary/aromatic N) is 2. The van der Waals surface area contributed by atoms with Gasteiger partial charge in [0.1, 0.15) is 0 Å². The lowest BCUT2D eigenvalue weighted by Crippen LogP contribution is -2.51. The van der Waals surface area contributed by atoms with E-state index >= 15 is 0 Å². The minimum atomic E-state index is 0.303. The average molecular weight is 248 g/mol. The predicted octanol–water partition coefficient (Wildman–Crippen LogP) is 1.58. The maximum absolute atomic E-state index is 8.89. The highest BCUT2D eigenvalue weighted by Crippen LogP contribution is 2.13. The van der Waals surface area contributed by atoms with Crippen molar-refractivity contribution < 1.29 is 5.11 Å². The highest BCUT2D eigenvalue weighted by Gasteiger charge is 2.22. The van der Waals surface area contributed by atoms with Crippen LogP contribution < -0.4 is 0 Å². The number of aliphatic hydroxyl groups excluding tert-OH is 1. The van der Waals surface area contributed by atoms with E-state index in [9.17, 15) is 0 Å². The van der Waals surface area contributed by atoms with Gasteiger partial charge >= 0.3 is 0 Å². The summed E-state index contributed by atoms with van der Waals surface area (Å²) in [5.41, 5.74) is 1.40. The monoisotopic (exact) mass is 248 g/mol. The molecule has 100 valence electrons. The van der Waals surface area contributed by atoms with Gasteiger partial charge in [-0.05, 0) is 18.9 Å². The first kappa shape index (κ1) is 13.5. The minimum Gasteiger partial charge on any atom is -0.396 e. The molecule has 3 nitrogen and oxygen atoms in total. The molecular formula is C15H24N2O. The summed E-state index contributed by atoms with van der Waals surface area (Å²) in [5.74, 6) is 0. The van der Waals surface area contributed by atoms with Gasteiger partial charge in [0.25, 0.3) is 0 Å². The Balaban J connectivity index is 1.81. The highest BCUT2D eigenvalue weighted by molar-refractivity contribution is 5.14. The zero-order chi connectivity index (χ0) is 12.8. The van der Waals surface area contributed by atoms with Gasteiger partial charge in [0.05, 0.1) is 0 Å². The predicted molar refractivity (Wildman–Crippen MR) is 74.5 cm³/mol. The van der Waals surface area contributed by atoms with Crippen molar-refractivity contribution in [3.05, 3.63) is 35.9 Å². The van der Waals surface area contributed by atoms with Crippen LogP contribution in [0.2, 0.25) is 0 Å². The number of hydrogen-bond acceptors (Lipinski definition) is 3. The number of hydrogen-bond donors (Lipinski definition) is 1. The Bertz CT molecular complexity index is 342. The summed E-state index contributed by atoms with van der Waals surface area (Å²) in [5, 5.41) is 8.89. The van der Waals surface area contributed by atoms with Gasteiger partial charge in [-0.15, -0.1) is 0 Å². The van der Waals surface area contributed by atoms with Gasteiger partial charge in [-0.25, -0.2) is 0 Å². The smallest absolute Gasteiger partial charge is 0.0443 e. The van der Waals surface area contributed by atoms with Crippen molar-refractivity contribution in [3.63, 3.8) is 0 Å². The Labute approximate surface area is 110 Å². The van der Waals surface area contributed by atoms with Crippen molar-refractivity contribution in [3.8, 4) is 0 Å². The lowest BCUT2D eigenvalue weighted by Gasteiger charge is -2.39. The molecular weight excluding hydrogens is 224 g/mol. The largest absolute Gasteiger partial charge is 0.396 e. The molecule has 1 fully saturated rings. The summed E-state index contributed by atoms with van der Waals surface area (Å²) in [6.07, 6.45) is 0.892. The second-order valence-corrected chi connectivity index (χ2v) is 5.18. The maximum atomic E-state index is 8.89. The van der Waals surface area contributed by atoms with Crippen molar-refractivity contribution in [2.45, 2.75) is 25.9 Å². The molecule has 0 unspecified atom stereocenters. The first-order chi connectivity index (χ1) is 8.79.